The van der Waals surface area contributed by atoms with Crippen molar-refractivity contribution in [1.82, 2.24) is 10.2 Å². The van der Waals surface area contributed by atoms with Gasteiger partial charge >= 0.3 is 0 Å². The van der Waals surface area contributed by atoms with Gasteiger partial charge < -0.3 is 15.5 Å². The van der Waals surface area contributed by atoms with Gasteiger partial charge in [0, 0.05) is 17.8 Å². The van der Waals surface area contributed by atoms with Gasteiger partial charge in [-0.2, -0.15) is 0 Å². The predicted molar refractivity (Wildman–Crippen MR) is 103 cm³/mol. The Morgan fingerprint density at radius 3 is 2.54 bits per heavy atom. The molecule has 2 aromatic carbocycles. The fourth-order valence-electron chi connectivity index (χ4n) is 2.53. The summed E-state index contributed by atoms with van der Waals surface area (Å²) >= 11 is 0. The molecule has 0 aliphatic heterocycles. The Labute approximate surface area is 150 Å². The molecule has 0 aliphatic carbocycles. The molecule has 24 heavy (non-hydrogen) atoms. The minimum atomic E-state index is -0.0568. The highest BCUT2D eigenvalue weighted by molar-refractivity contribution is 6.05. The number of carbonyl (C=O) groups is 1. The molecule has 0 heterocycles. The van der Waals surface area contributed by atoms with Crippen molar-refractivity contribution in [2.75, 3.05) is 33.0 Å². The van der Waals surface area contributed by atoms with E-state index in [1.54, 1.807) is 0 Å². The van der Waals surface area contributed by atoms with Crippen LogP contribution in [0.3, 0.4) is 0 Å². The van der Waals surface area contributed by atoms with Gasteiger partial charge in [0.05, 0.1) is 0 Å². The van der Waals surface area contributed by atoms with Gasteiger partial charge in [-0.3, -0.25) is 4.79 Å². The Kier molecular flexibility index (Phi) is 8.47. The molecule has 0 spiro atoms. The lowest BCUT2D eigenvalue weighted by Crippen LogP contribution is -2.17. The van der Waals surface area contributed by atoms with E-state index in [9.17, 15) is 4.79 Å². The van der Waals surface area contributed by atoms with Gasteiger partial charge in [-0.25, -0.2) is 0 Å². The van der Waals surface area contributed by atoms with Crippen molar-refractivity contribution in [2.45, 2.75) is 13.0 Å². The minimum Gasteiger partial charge on any atom is -0.322 e. The zero-order valence-electron chi connectivity index (χ0n) is 14.5. The number of carbonyl (C=O) groups excluding carboxylic acids is 1. The summed E-state index contributed by atoms with van der Waals surface area (Å²) in [7, 11) is 5.98. The topological polar surface area (TPSA) is 44.4 Å². The second kappa shape index (κ2) is 10.1. The second-order valence-corrected chi connectivity index (χ2v) is 5.90. The largest absolute Gasteiger partial charge is 0.322 e. The molecule has 0 radical (unpaired) electrons. The Hall–Kier alpha value is -1.88. The van der Waals surface area contributed by atoms with Crippen LogP contribution in [0.1, 0.15) is 21.5 Å². The number of likely N-dealkylation sites (N-methyl/N-ethyl adjacent to an activating group) is 1. The maximum absolute atomic E-state index is 12.6. The molecule has 0 bridgehead atoms. The number of halogens is 1. The van der Waals surface area contributed by atoms with Gasteiger partial charge in [0.2, 0.25) is 0 Å². The summed E-state index contributed by atoms with van der Waals surface area (Å²) in [5.74, 6) is -0.0568. The van der Waals surface area contributed by atoms with E-state index < -0.39 is 0 Å². The second-order valence-electron chi connectivity index (χ2n) is 5.90. The molecule has 130 valence electrons. The maximum atomic E-state index is 12.6. The number of anilines is 1. The van der Waals surface area contributed by atoms with Crippen LogP contribution in [0.25, 0.3) is 0 Å². The Bertz CT molecular complexity index is 659. The van der Waals surface area contributed by atoms with Crippen LogP contribution < -0.4 is 10.6 Å². The molecule has 2 N–H and O–H groups in total. The van der Waals surface area contributed by atoms with Crippen LogP contribution in [0.15, 0.2) is 48.5 Å². The summed E-state index contributed by atoms with van der Waals surface area (Å²) in [6, 6.07) is 15.7. The Balaban J connectivity index is 0.00000288. The van der Waals surface area contributed by atoms with E-state index in [1.807, 2.05) is 63.6 Å². The average Bonchev–Trinajstić information content (AvgIpc) is 2.53. The summed E-state index contributed by atoms with van der Waals surface area (Å²) in [5.41, 5.74) is 3.80. The zero-order valence-corrected chi connectivity index (χ0v) is 15.3. The number of benzene rings is 2. The molecule has 0 atom stereocenters. The van der Waals surface area contributed by atoms with Gasteiger partial charge in [0.15, 0.2) is 0 Å². The Morgan fingerprint density at radius 2 is 1.83 bits per heavy atom. The molecule has 5 heteroatoms. The van der Waals surface area contributed by atoms with Crippen LogP contribution in [0.4, 0.5) is 5.69 Å². The predicted octanol–water partition coefficient (Wildman–Crippen LogP) is 3.18. The summed E-state index contributed by atoms with van der Waals surface area (Å²) in [6.45, 7) is 1.70. The van der Waals surface area contributed by atoms with Crippen molar-refractivity contribution in [3.05, 3.63) is 65.2 Å². The highest BCUT2D eigenvalue weighted by Gasteiger charge is 2.11. The minimum absolute atomic E-state index is 0. The standard InChI is InChI=1S/C19H25N3O.ClH/c1-20-12-11-16-8-4-5-10-18(16)19(23)21-17-9-6-7-15(13-17)14-22(2)3;/h4-10,13,20H,11-12,14H2,1-3H3,(H,21,23);1H. The van der Waals surface area contributed by atoms with Gasteiger partial charge in [-0.15, -0.1) is 12.4 Å². The molecule has 0 fully saturated rings. The van der Waals surface area contributed by atoms with Gasteiger partial charge in [0.25, 0.3) is 5.91 Å². The Morgan fingerprint density at radius 1 is 1.08 bits per heavy atom. The maximum Gasteiger partial charge on any atom is 0.255 e. The van der Waals surface area contributed by atoms with Crippen molar-refractivity contribution < 1.29 is 4.79 Å². The van der Waals surface area contributed by atoms with E-state index in [2.05, 4.69) is 21.6 Å². The van der Waals surface area contributed by atoms with Crippen molar-refractivity contribution in [3.8, 4) is 0 Å². The third kappa shape index (κ3) is 5.96. The van der Waals surface area contributed by atoms with E-state index in [-0.39, 0.29) is 18.3 Å². The molecule has 2 rings (SSSR count). The molecule has 0 saturated carbocycles. The van der Waals surface area contributed by atoms with Crippen molar-refractivity contribution in [1.29, 1.82) is 0 Å². The van der Waals surface area contributed by atoms with E-state index in [1.165, 1.54) is 5.56 Å². The van der Waals surface area contributed by atoms with E-state index >= 15 is 0 Å². The lowest BCUT2D eigenvalue weighted by Gasteiger charge is -2.13. The molecular formula is C19H26ClN3O. The van der Waals surface area contributed by atoms with E-state index in [4.69, 9.17) is 0 Å². The number of amides is 1. The lowest BCUT2D eigenvalue weighted by atomic mass is 10.0. The molecule has 0 aliphatic rings. The first-order chi connectivity index (χ1) is 11.1. The summed E-state index contributed by atoms with van der Waals surface area (Å²) in [6.07, 6.45) is 0.834. The van der Waals surface area contributed by atoms with Crippen LogP contribution in [0.2, 0.25) is 0 Å². The van der Waals surface area contributed by atoms with Gasteiger partial charge in [-0.1, -0.05) is 30.3 Å². The zero-order chi connectivity index (χ0) is 16.7. The summed E-state index contributed by atoms with van der Waals surface area (Å²) in [5, 5.41) is 6.13. The van der Waals surface area contributed by atoms with Crippen molar-refractivity contribution in [3.63, 3.8) is 0 Å². The number of hydrogen-bond acceptors (Lipinski definition) is 3. The molecule has 0 unspecified atom stereocenters. The first-order valence-electron chi connectivity index (χ1n) is 7.87. The highest BCUT2D eigenvalue weighted by Crippen LogP contribution is 2.15. The molecule has 1 amide bonds. The quantitative estimate of drug-likeness (QED) is 0.808. The third-order valence-electron chi connectivity index (χ3n) is 3.59. The van der Waals surface area contributed by atoms with Crippen LogP contribution in [-0.4, -0.2) is 38.5 Å². The molecule has 2 aromatic rings. The van der Waals surface area contributed by atoms with Crippen molar-refractivity contribution >= 4 is 24.0 Å². The monoisotopic (exact) mass is 347 g/mol. The third-order valence-corrected chi connectivity index (χ3v) is 3.59. The molecular weight excluding hydrogens is 322 g/mol. The van der Waals surface area contributed by atoms with E-state index in [0.29, 0.717) is 0 Å². The molecule has 4 nitrogen and oxygen atoms in total. The summed E-state index contributed by atoms with van der Waals surface area (Å²) < 4.78 is 0. The van der Waals surface area contributed by atoms with Crippen molar-refractivity contribution in [2.24, 2.45) is 0 Å². The number of rotatable bonds is 7. The highest BCUT2D eigenvalue weighted by atomic mass is 35.5. The first-order valence-corrected chi connectivity index (χ1v) is 7.87. The normalized spacial score (nSPS) is 10.3. The van der Waals surface area contributed by atoms with Gasteiger partial charge in [0.1, 0.15) is 0 Å². The lowest BCUT2D eigenvalue weighted by molar-refractivity contribution is 0.102. The van der Waals surface area contributed by atoms with Crippen LogP contribution in [0.5, 0.6) is 0 Å². The van der Waals surface area contributed by atoms with Crippen LogP contribution in [0, 0.1) is 0 Å². The number of nitrogens with one attached hydrogen (secondary N) is 2. The smallest absolute Gasteiger partial charge is 0.255 e. The SMILES string of the molecule is CNCCc1ccccc1C(=O)Nc1cccc(CN(C)C)c1.Cl. The fraction of sp³-hybridized carbons (Fsp3) is 0.316. The van der Waals surface area contributed by atoms with Gasteiger partial charge in [-0.05, 0) is 63.4 Å². The number of nitrogens with zero attached hydrogens (tertiary/aromatic N) is 1. The van der Waals surface area contributed by atoms with E-state index in [0.717, 1.165) is 36.3 Å². The number of hydrogen-bond donors (Lipinski definition) is 2. The summed E-state index contributed by atoms with van der Waals surface area (Å²) in [4.78, 5) is 14.7. The fourth-order valence-corrected chi connectivity index (χ4v) is 2.53. The first kappa shape index (κ1) is 20.2. The molecule has 0 aromatic heterocycles. The van der Waals surface area contributed by atoms with Crippen LogP contribution in [-0.2, 0) is 13.0 Å². The molecule has 0 saturated heterocycles. The average molecular weight is 348 g/mol. The van der Waals surface area contributed by atoms with Crippen LogP contribution >= 0.6 is 12.4 Å².